The molecule has 154 valence electrons. The van der Waals surface area contributed by atoms with Crippen LogP contribution >= 0.6 is 0 Å². The zero-order chi connectivity index (χ0) is 20.7. The van der Waals surface area contributed by atoms with E-state index >= 15 is 0 Å². The van der Waals surface area contributed by atoms with Crippen molar-refractivity contribution < 1.29 is 23.8 Å². The van der Waals surface area contributed by atoms with Gasteiger partial charge in [0.1, 0.15) is 0 Å². The minimum absolute atomic E-state index is 0.0696. The lowest BCUT2D eigenvalue weighted by molar-refractivity contribution is -0.0528. The number of methoxy groups -OCH3 is 1. The van der Waals surface area contributed by atoms with Gasteiger partial charge in [-0.3, -0.25) is 4.79 Å². The summed E-state index contributed by atoms with van der Waals surface area (Å²) in [6.45, 7) is 5.43. The third kappa shape index (κ3) is 3.51. The molecule has 1 N–H and O–H groups in total. The lowest BCUT2D eigenvalue weighted by Crippen LogP contribution is -2.49. The van der Waals surface area contributed by atoms with Gasteiger partial charge in [0.25, 0.3) is 5.91 Å². The summed E-state index contributed by atoms with van der Waals surface area (Å²) < 4.78 is 24.6. The highest BCUT2D eigenvalue weighted by Gasteiger charge is 2.39. The molecular weight excluding hydrogens is 373 g/mol. The molecule has 0 radical (unpaired) electrons. The average Bonchev–Trinajstić information content (AvgIpc) is 3.03. The molecule has 0 aliphatic carbocycles. The number of nitrogens with zero attached hydrogens (tertiary/aromatic N) is 1. The number of carbonyl (C=O) groups excluding carboxylic acids is 1. The van der Waals surface area contributed by atoms with Crippen molar-refractivity contribution in [1.82, 2.24) is 4.90 Å². The molecule has 4 rings (SSSR count). The van der Waals surface area contributed by atoms with Crippen LogP contribution in [-0.4, -0.2) is 48.4 Å². The Balaban J connectivity index is 1.64. The summed E-state index contributed by atoms with van der Waals surface area (Å²) in [6.07, 6.45) is 0.505. The van der Waals surface area contributed by atoms with E-state index in [1.165, 1.54) is 13.2 Å². The van der Waals surface area contributed by atoms with Crippen LogP contribution in [0, 0.1) is 19.7 Å². The molecule has 0 aromatic heterocycles. The monoisotopic (exact) mass is 399 g/mol. The second kappa shape index (κ2) is 7.76. The van der Waals surface area contributed by atoms with Crippen LogP contribution in [-0.2, 0) is 17.7 Å². The molecule has 2 unspecified atom stereocenters. The normalized spacial score (nSPS) is 21.4. The Morgan fingerprint density at radius 2 is 2.07 bits per heavy atom. The molecule has 2 heterocycles. The highest BCUT2D eigenvalue weighted by molar-refractivity contribution is 5.99. The van der Waals surface area contributed by atoms with Crippen LogP contribution in [0.15, 0.2) is 24.3 Å². The van der Waals surface area contributed by atoms with Gasteiger partial charge in [0, 0.05) is 18.7 Å². The molecular formula is C23H26FNO4. The maximum absolute atomic E-state index is 14.1. The van der Waals surface area contributed by atoms with Crippen molar-refractivity contribution in [3.05, 3.63) is 63.5 Å². The summed E-state index contributed by atoms with van der Waals surface area (Å²) in [4.78, 5) is 14.9. The van der Waals surface area contributed by atoms with Crippen LogP contribution in [0.5, 0.6) is 5.75 Å². The molecule has 2 aliphatic heterocycles. The third-order valence-electron chi connectivity index (χ3n) is 6.26. The zero-order valence-corrected chi connectivity index (χ0v) is 17.0. The van der Waals surface area contributed by atoms with E-state index in [0.29, 0.717) is 38.2 Å². The van der Waals surface area contributed by atoms with E-state index in [1.807, 2.05) is 26.0 Å². The Hall–Kier alpha value is -2.44. The quantitative estimate of drug-likeness (QED) is 0.858. The first-order chi connectivity index (χ1) is 13.9. The molecule has 0 spiro atoms. The number of aliphatic hydroxyl groups is 1. The predicted octanol–water partition coefficient (Wildman–Crippen LogP) is 3.15. The van der Waals surface area contributed by atoms with Crippen molar-refractivity contribution in [2.24, 2.45) is 0 Å². The number of hydrogen-bond donors (Lipinski definition) is 1. The number of rotatable bonds is 4. The molecule has 2 aliphatic rings. The first-order valence-corrected chi connectivity index (χ1v) is 9.91. The number of carbonyl (C=O) groups is 1. The van der Waals surface area contributed by atoms with Gasteiger partial charge in [-0.25, -0.2) is 4.39 Å². The van der Waals surface area contributed by atoms with Gasteiger partial charge in [-0.2, -0.15) is 0 Å². The van der Waals surface area contributed by atoms with Crippen molar-refractivity contribution in [2.45, 2.75) is 45.4 Å². The van der Waals surface area contributed by atoms with E-state index in [9.17, 15) is 14.3 Å². The average molecular weight is 399 g/mol. The summed E-state index contributed by atoms with van der Waals surface area (Å²) >= 11 is 0. The van der Waals surface area contributed by atoms with E-state index in [0.717, 1.165) is 27.8 Å². The summed E-state index contributed by atoms with van der Waals surface area (Å²) in [7, 11) is 1.44. The molecule has 0 bridgehead atoms. The van der Waals surface area contributed by atoms with E-state index < -0.39 is 11.9 Å². The Morgan fingerprint density at radius 3 is 2.76 bits per heavy atom. The van der Waals surface area contributed by atoms with Gasteiger partial charge in [-0.05, 0) is 72.7 Å². The second-order valence-electron chi connectivity index (χ2n) is 7.89. The lowest BCUT2D eigenvalue weighted by Gasteiger charge is -2.34. The molecule has 1 amide bonds. The maximum Gasteiger partial charge on any atom is 0.254 e. The van der Waals surface area contributed by atoms with Crippen molar-refractivity contribution in [1.29, 1.82) is 0 Å². The molecule has 2 aromatic carbocycles. The summed E-state index contributed by atoms with van der Waals surface area (Å²) in [6, 6.07) is 6.55. The smallest absolute Gasteiger partial charge is 0.254 e. The number of hydrogen-bond acceptors (Lipinski definition) is 4. The molecule has 1 saturated heterocycles. The number of benzene rings is 2. The van der Waals surface area contributed by atoms with Crippen LogP contribution in [0.3, 0.4) is 0 Å². The standard InChI is InChI=1S/C23H26FNO4/c1-13-14(2)18-11-25(20-12-29-7-6-21(20)26)23(27)17(18)10-16(13)8-15-4-5-22(28-3)19(24)9-15/h4-5,9-10,20-21,26H,6-8,11-12H2,1-3H3. The first-order valence-electron chi connectivity index (χ1n) is 9.91. The Morgan fingerprint density at radius 1 is 1.28 bits per heavy atom. The first kappa shape index (κ1) is 19.9. The number of aliphatic hydroxyl groups excluding tert-OH is 1. The SMILES string of the molecule is COc1ccc(Cc2cc3c(c(C)c2C)CN(C2COCCC2O)C3=O)cc1F. The van der Waals surface area contributed by atoms with Crippen molar-refractivity contribution >= 4 is 5.91 Å². The lowest BCUT2D eigenvalue weighted by atomic mass is 9.91. The number of fused-ring (bicyclic) bond motifs is 1. The fourth-order valence-corrected chi connectivity index (χ4v) is 4.33. The molecule has 0 saturated carbocycles. The number of amides is 1. The number of halogens is 1. The molecule has 29 heavy (non-hydrogen) atoms. The van der Waals surface area contributed by atoms with E-state index in [1.54, 1.807) is 11.0 Å². The van der Waals surface area contributed by atoms with Gasteiger partial charge in [-0.1, -0.05) is 6.07 Å². The summed E-state index contributed by atoms with van der Waals surface area (Å²) in [5, 5.41) is 10.3. The molecule has 2 aromatic rings. The van der Waals surface area contributed by atoms with Crippen molar-refractivity contribution in [3.63, 3.8) is 0 Å². The summed E-state index contributed by atoms with van der Waals surface area (Å²) in [5.41, 5.74) is 5.69. The largest absolute Gasteiger partial charge is 0.494 e. The minimum atomic E-state index is -0.565. The second-order valence-corrected chi connectivity index (χ2v) is 7.89. The van der Waals surface area contributed by atoms with E-state index in [4.69, 9.17) is 9.47 Å². The van der Waals surface area contributed by atoms with Crippen LogP contribution in [0.4, 0.5) is 4.39 Å². The van der Waals surface area contributed by atoms with Gasteiger partial charge < -0.3 is 19.5 Å². The fourth-order valence-electron chi connectivity index (χ4n) is 4.33. The van der Waals surface area contributed by atoms with Crippen molar-refractivity contribution in [3.8, 4) is 5.75 Å². The summed E-state index contributed by atoms with van der Waals surface area (Å²) in [5.74, 6) is -0.247. The van der Waals surface area contributed by atoms with Crippen LogP contribution < -0.4 is 4.74 Å². The van der Waals surface area contributed by atoms with Gasteiger partial charge >= 0.3 is 0 Å². The third-order valence-corrected chi connectivity index (χ3v) is 6.26. The molecule has 1 fully saturated rings. The van der Waals surface area contributed by atoms with Crippen LogP contribution in [0.25, 0.3) is 0 Å². The predicted molar refractivity (Wildman–Crippen MR) is 107 cm³/mol. The van der Waals surface area contributed by atoms with Gasteiger partial charge in [0.2, 0.25) is 0 Å². The highest BCUT2D eigenvalue weighted by atomic mass is 19.1. The highest BCUT2D eigenvalue weighted by Crippen LogP contribution is 2.34. The zero-order valence-electron chi connectivity index (χ0n) is 17.0. The Kier molecular flexibility index (Phi) is 5.32. The van der Waals surface area contributed by atoms with Gasteiger partial charge in [0.15, 0.2) is 11.6 Å². The minimum Gasteiger partial charge on any atom is -0.494 e. The fraction of sp³-hybridized carbons (Fsp3) is 0.435. The topological polar surface area (TPSA) is 59.0 Å². The molecule has 2 atom stereocenters. The van der Waals surface area contributed by atoms with Crippen molar-refractivity contribution in [2.75, 3.05) is 20.3 Å². The molecule has 6 heteroatoms. The molecule has 5 nitrogen and oxygen atoms in total. The van der Waals surface area contributed by atoms with Crippen LogP contribution in [0.2, 0.25) is 0 Å². The number of ether oxygens (including phenoxy) is 2. The van der Waals surface area contributed by atoms with Gasteiger partial charge in [0.05, 0.1) is 25.9 Å². The Bertz CT molecular complexity index is 958. The van der Waals surface area contributed by atoms with Gasteiger partial charge in [-0.15, -0.1) is 0 Å². The maximum atomic E-state index is 14.1. The van der Waals surface area contributed by atoms with E-state index in [-0.39, 0.29) is 17.7 Å². The van der Waals surface area contributed by atoms with E-state index in [2.05, 4.69) is 0 Å². The Labute approximate surface area is 170 Å². The van der Waals surface area contributed by atoms with Crippen LogP contribution in [0.1, 0.15) is 44.6 Å².